The lowest BCUT2D eigenvalue weighted by Gasteiger charge is -2.05. The second-order valence-corrected chi connectivity index (χ2v) is 3.61. The normalized spacial score (nSPS) is 15.9. The zero-order valence-corrected chi connectivity index (χ0v) is 8.99. The van der Waals surface area contributed by atoms with Crippen LogP contribution >= 0.6 is 0 Å². The molecule has 0 spiro atoms. The zero-order chi connectivity index (χ0) is 11.5. The van der Waals surface area contributed by atoms with Gasteiger partial charge in [-0.2, -0.15) is 0 Å². The van der Waals surface area contributed by atoms with Crippen LogP contribution in [0.25, 0.3) is 5.57 Å². The molecule has 1 heterocycles. The molecule has 1 unspecified atom stereocenters. The monoisotopic (exact) mass is 215 g/mol. The maximum absolute atomic E-state index is 8.93. The van der Waals surface area contributed by atoms with Gasteiger partial charge < -0.3 is 15.8 Å². The molecule has 0 aliphatic heterocycles. The van der Waals surface area contributed by atoms with E-state index in [0.717, 1.165) is 16.8 Å². The fourth-order valence-corrected chi connectivity index (χ4v) is 1.51. The van der Waals surface area contributed by atoms with Gasteiger partial charge in [0.25, 0.3) is 0 Å². The number of nitrogens with zero attached hydrogens (tertiary/aromatic N) is 1. The van der Waals surface area contributed by atoms with Crippen LogP contribution in [0.3, 0.4) is 0 Å². The van der Waals surface area contributed by atoms with Crippen molar-refractivity contribution in [3.8, 4) is 0 Å². The molecule has 0 amide bonds. The van der Waals surface area contributed by atoms with Gasteiger partial charge in [0, 0.05) is 11.1 Å². The molecule has 0 radical (unpaired) electrons. The predicted molar refractivity (Wildman–Crippen MR) is 61.4 cm³/mol. The number of nitrogens with one attached hydrogen (secondary N) is 1. The second-order valence-electron chi connectivity index (χ2n) is 3.61. The highest BCUT2D eigenvalue weighted by Crippen LogP contribution is 2.22. The van der Waals surface area contributed by atoms with Crippen molar-refractivity contribution in [2.24, 2.45) is 5.73 Å². The van der Waals surface area contributed by atoms with Crippen molar-refractivity contribution >= 4 is 5.57 Å². The lowest BCUT2D eigenvalue weighted by Crippen LogP contribution is -2.16. The molecule has 4 heteroatoms. The molecule has 2 rings (SSSR count). The van der Waals surface area contributed by atoms with Crippen molar-refractivity contribution in [3.63, 3.8) is 0 Å². The number of allylic oxidation sites excluding steroid dienone is 4. The first-order chi connectivity index (χ1) is 7.72. The maximum Gasteiger partial charge on any atom is 0.125 e. The summed E-state index contributed by atoms with van der Waals surface area (Å²) in [5.74, 6) is 0.588. The van der Waals surface area contributed by atoms with Crippen molar-refractivity contribution in [1.29, 1.82) is 0 Å². The SMILES string of the molecule is CC1=C=C=CC=C1c1cnc(C(N)CO)[nH]1. The van der Waals surface area contributed by atoms with Crippen LogP contribution in [0.1, 0.15) is 24.5 Å². The Labute approximate surface area is 93.5 Å². The van der Waals surface area contributed by atoms with Crippen LogP contribution in [0.15, 0.2) is 35.4 Å². The van der Waals surface area contributed by atoms with E-state index >= 15 is 0 Å². The minimum Gasteiger partial charge on any atom is -0.394 e. The predicted octanol–water partition coefficient (Wildman–Crippen LogP) is 1.06. The fraction of sp³-hybridized carbons (Fsp3) is 0.250. The third kappa shape index (κ3) is 1.91. The van der Waals surface area contributed by atoms with Gasteiger partial charge in [-0.3, -0.25) is 0 Å². The van der Waals surface area contributed by atoms with Crippen LogP contribution < -0.4 is 5.73 Å². The molecule has 82 valence electrons. The minimum absolute atomic E-state index is 0.124. The van der Waals surface area contributed by atoms with Crippen molar-refractivity contribution < 1.29 is 5.11 Å². The van der Waals surface area contributed by atoms with Gasteiger partial charge in [-0.25, -0.2) is 4.98 Å². The van der Waals surface area contributed by atoms with Crippen molar-refractivity contribution in [1.82, 2.24) is 9.97 Å². The third-order valence-electron chi connectivity index (χ3n) is 2.43. The van der Waals surface area contributed by atoms with Gasteiger partial charge in [0.2, 0.25) is 0 Å². The highest BCUT2D eigenvalue weighted by atomic mass is 16.3. The molecule has 0 aromatic carbocycles. The number of aromatic amines is 1. The second kappa shape index (κ2) is 4.35. The summed E-state index contributed by atoms with van der Waals surface area (Å²) in [6, 6.07) is -0.465. The number of nitrogens with two attached hydrogens (primary N) is 1. The smallest absolute Gasteiger partial charge is 0.125 e. The number of rotatable bonds is 3. The van der Waals surface area contributed by atoms with E-state index in [-0.39, 0.29) is 6.61 Å². The molecule has 0 bridgehead atoms. The van der Waals surface area contributed by atoms with Gasteiger partial charge >= 0.3 is 0 Å². The number of hydrogen-bond donors (Lipinski definition) is 3. The molecule has 16 heavy (non-hydrogen) atoms. The summed E-state index contributed by atoms with van der Waals surface area (Å²) >= 11 is 0. The van der Waals surface area contributed by atoms with Crippen LogP contribution in [0, 0.1) is 0 Å². The van der Waals surface area contributed by atoms with E-state index in [4.69, 9.17) is 10.8 Å². The summed E-state index contributed by atoms with van der Waals surface area (Å²) in [6.07, 6.45) is 5.45. The molecular formula is C12H13N3O. The van der Waals surface area contributed by atoms with E-state index in [1.807, 2.05) is 13.0 Å². The van der Waals surface area contributed by atoms with Crippen LogP contribution in [-0.2, 0) is 0 Å². The summed E-state index contributed by atoms with van der Waals surface area (Å²) in [5, 5.41) is 8.93. The van der Waals surface area contributed by atoms with E-state index in [1.54, 1.807) is 12.3 Å². The lowest BCUT2D eigenvalue weighted by atomic mass is 10.0. The highest BCUT2D eigenvalue weighted by molar-refractivity contribution is 5.78. The number of aliphatic hydroxyl groups is 1. The van der Waals surface area contributed by atoms with Crippen LogP contribution in [-0.4, -0.2) is 21.7 Å². The third-order valence-corrected chi connectivity index (χ3v) is 2.43. The Kier molecular flexibility index (Phi) is 2.91. The average molecular weight is 215 g/mol. The first-order valence-corrected chi connectivity index (χ1v) is 5.03. The van der Waals surface area contributed by atoms with Crippen LogP contribution in [0.4, 0.5) is 0 Å². The number of aliphatic hydroxyl groups excluding tert-OH is 1. The Morgan fingerprint density at radius 3 is 3.12 bits per heavy atom. The molecule has 0 saturated carbocycles. The number of hydrogen-bond acceptors (Lipinski definition) is 3. The molecule has 1 aromatic rings. The van der Waals surface area contributed by atoms with E-state index in [2.05, 4.69) is 21.4 Å². The lowest BCUT2D eigenvalue weighted by molar-refractivity contribution is 0.264. The summed E-state index contributed by atoms with van der Waals surface area (Å²) in [6.45, 7) is 1.83. The largest absolute Gasteiger partial charge is 0.394 e. The molecule has 4 N–H and O–H groups in total. The zero-order valence-electron chi connectivity index (χ0n) is 8.99. The van der Waals surface area contributed by atoms with Crippen molar-refractivity contribution in [2.75, 3.05) is 6.61 Å². The molecule has 4 nitrogen and oxygen atoms in total. The summed E-state index contributed by atoms with van der Waals surface area (Å²) in [4.78, 5) is 7.23. The Morgan fingerprint density at radius 2 is 2.44 bits per heavy atom. The molecule has 1 aliphatic carbocycles. The van der Waals surface area contributed by atoms with Gasteiger partial charge in [-0.15, -0.1) is 0 Å². The Bertz CT molecular complexity index is 526. The number of aromatic nitrogens is 2. The van der Waals surface area contributed by atoms with E-state index in [0.29, 0.717) is 5.82 Å². The Morgan fingerprint density at radius 1 is 1.62 bits per heavy atom. The highest BCUT2D eigenvalue weighted by Gasteiger charge is 2.12. The number of H-pyrrole nitrogens is 1. The van der Waals surface area contributed by atoms with Crippen molar-refractivity contribution in [2.45, 2.75) is 13.0 Å². The van der Waals surface area contributed by atoms with Gasteiger partial charge in [-0.05, 0) is 19.1 Å². The standard InChI is InChI=1S/C12H13N3O/c1-8-4-2-3-5-9(8)11-6-14-12(15-11)10(13)7-16/h3,5-6,10,16H,7,13H2,1H3,(H,14,15). The van der Waals surface area contributed by atoms with E-state index < -0.39 is 6.04 Å². The van der Waals surface area contributed by atoms with Crippen LogP contribution in [0.2, 0.25) is 0 Å². The van der Waals surface area contributed by atoms with Gasteiger partial charge in [0.05, 0.1) is 24.5 Å². The van der Waals surface area contributed by atoms with E-state index in [1.165, 1.54) is 0 Å². The van der Waals surface area contributed by atoms with Crippen molar-refractivity contribution in [3.05, 3.63) is 46.9 Å². The molecule has 1 aromatic heterocycles. The van der Waals surface area contributed by atoms with Gasteiger partial charge in [-0.1, -0.05) is 11.5 Å². The fourth-order valence-electron chi connectivity index (χ4n) is 1.51. The molecule has 0 fully saturated rings. The Balaban J connectivity index is 2.31. The first kappa shape index (κ1) is 10.7. The number of imidazole rings is 1. The summed E-state index contributed by atoms with van der Waals surface area (Å²) in [5.41, 5.74) is 14.4. The average Bonchev–Trinajstić information content (AvgIpc) is 2.78. The van der Waals surface area contributed by atoms with Gasteiger partial charge in [0.15, 0.2) is 0 Å². The summed E-state index contributed by atoms with van der Waals surface area (Å²) in [7, 11) is 0. The molecule has 1 atom stereocenters. The first-order valence-electron chi connectivity index (χ1n) is 5.03. The Hall–Kier alpha value is -1.83. The maximum atomic E-state index is 8.93. The molecular weight excluding hydrogens is 202 g/mol. The quantitative estimate of drug-likeness (QED) is 0.660. The van der Waals surface area contributed by atoms with E-state index in [9.17, 15) is 0 Å². The van der Waals surface area contributed by atoms with Gasteiger partial charge in [0.1, 0.15) is 5.82 Å². The summed E-state index contributed by atoms with van der Waals surface area (Å²) < 4.78 is 0. The molecule has 1 aliphatic rings. The molecule has 0 saturated heterocycles. The van der Waals surface area contributed by atoms with Crippen LogP contribution in [0.5, 0.6) is 0 Å². The topological polar surface area (TPSA) is 74.9 Å². The minimum atomic E-state index is -0.465.